The number of anilines is 2. The van der Waals surface area contributed by atoms with Crippen LogP contribution in [0.2, 0.25) is 0 Å². The van der Waals surface area contributed by atoms with Gasteiger partial charge < -0.3 is 19.9 Å². The zero-order valence-corrected chi connectivity index (χ0v) is 19.1. The van der Waals surface area contributed by atoms with Gasteiger partial charge >= 0.3 is 0 Å². The highest BCUT2D eigenvalue weighted by molar-refractivity contribution is 6.13. The van der Waals surface area contributed by atoms with Crippen LogP contribution in [0.15, 0.2) is 36.8 Å². The van der Waals surface area contributed by atoms with E-state index < -0.39 is 5.82 Å². The molecule has 1 aliphatic heterocycles. The van der Waals surface area contributed by atoms with Gasteiger partial charge in [-0.3, -0.25) is 4.79 Å². The molecule has 2 atom stereocenters. The second-order valence-electron chi connectivity index (χ2n) is 8.83. The van der Waals surface area contributed by atoms with E-state index in [0.29, 0.717) is 40.4 Å². The van der Waals surface area contributed by atoms with E-state index in [1.807, 2.05) is 6.07 Å². The number of hydrogen-bond acceptors (Lipinski definition) is 6. The molecule has 0 radical (unpaired) electrons. The molecule has 1 aromatic carbocycles. The summed E-state index contributed by atoms with van der Waals surface area (Å²) in [7, 11) is 0. The molecule has 33 heavy (non-hydrogen) atoms. The summed E-state index contributed by atoms with van der Waals surface area (Å²) >= 11 is 0. The maximum Gasteiger partial charge on any atom is 0.257 e. The number of rotatable bonds is 3. The van der Waals surface area contributed by atoms with Gasteiger partial charge in [-0.2, -0.15) is 0 Å². The molecule has 0 saturated carbocycles. The highest BCUT2D eigenvalue weighted by Crippen LogP contribution is 2.30. The number of piperazine rings is 1. The molecule has 3 aromatic heterocycles. The third kappa shape index (κ3) is 4.00. The van der Waals surface area contributed by atoms with Crippen molar-refractivity contribution in [3.05, 3.63) is 59.7 Å². The molecular weight excluding hydrogens is 421 g/mol. The lowest BCUT2D eigenvalue weighted by atomic mass is 10.0. The van der Waals surface area contributed by atoms with Crippen LogP contribution in [-0.4, -0.2) is 50.4 Å². The van der Waals surface area contributed by atoms with Crippen LogP contribution in [0.4, 0.5) is 15.8 Å². The van der Waals surface area contributed by atoms with Crippen molar-refractivity contribution in [1.29, 1.82) is 0 Å². The van der Waals surface area contributed by atoms with Crippen molar-refractivity contribution >= 4 is 33.8 Å². The predicted molar refractivity (Wildman–Crippen MR) is 126 cm³/mol. The minimum absolute atomic E-state index is 0.225. The standard InChI is InChI=1S/C24H26FN7O/c1-13-9-31(10-14(2)27-13)21-6-5-18(22-19(21)8-26-16(4)29-22)24(33)30-17-7-20(25)23-28-15(3)11-32(23)12-17/h5-8,11-14,27H,9-10H2,1-4H3,(H,30,33)/t13-,14-/m0/s1. The Morgan fingerprint density at radius 2 is 1.91 bits per heavy atom. The number of nitrogens with one attached hydrogen (secondary N) is 2. The molecule has 4 heterocycles. The average Bonchev–Trinajstić information content (AvgIpc) is 3.12. The molecule has 5 rings (SSSR count). The summed E-state index contributed by atoms with van der Waals surface area (Å²) in [4.78, 5) is 28.7. The van der Waals surface area contributed by atoms with E-state index in [1.54, 1.807) is 42.9 Å². The number of carbonyl (C=O) groups is 1. The van der Waals surface area contributed by atoms with Gasteiger partial charge in [-0.1, -0.05) is 0 Å². The Morgan fingerprint density at radius 1 is 1.15 bits per heavy atom. The third-order valence-corrected chi connectivity index (χ3v) is 5.88. The smallest absolute Gasteiger partial charge is 0.257 e. The molecule has 4 aromatic rings. The number of imidazole rings is 1. The number of fused-ring (bicyclic) bond motifs is 2. The maximum atomic E-state index is 14.5. The first kappa shape index (κ1) is 21.3. The van der Waals surface area contributed by atoms with Crippen molar-refractivity contribution in [3.8, 4) is 0 Å². The molecule has 170 valence electrons. The van der Waals surface area contributed by atoms with E-state index in [2.05, 4.69) is 44.3 Å². The lowest BCUT2D eigenvalue weighted by Crippen LogP contribution is -2.54. The summed E-state index contributed by atoms with van der Waals surface area (Å²) in [6.07, 6.45) is 5.14. The first-order valence-electron chi connectivity index (χ1n) is 11.0. The van der Waals surface area contributed by atoms with Crippen molar-refractivity contribution in [1.82, 2.24) is 24.7 Å². The maximum absolute atomic E-state index is 14.5. The monoisotopic (exact) mass is 447 g/mol. The molecule has 0 bridgehead atoms. The van der Waals surface area contributed by atoms with Crippen LogP contribution in [0.5, 0.6) is 0 Å². The number of pyridine rings is 1. The first-order chi connectivity index (χ1) is 15.8. The molecular formula is C24H26FN7O. The molecule has 1 amide bonds. The Kier molecular flexibility index (Phi) is 5.20. The molecule has 0 spiro atoms. The normalized spacial score (nSPS) is 18.8. The summed E-state index contributed by atoms with van der Waals surface area (Å²) in [6, 6.07) is 5.70. The minimum atomic E-state index is -0.499. The van der Waals surface area contributed by atoms with Crippen molar-refractivity contribution in [3.63, 3.8) is 0 Å². The van der Waals surface area contributed by atoms with Crippen LogP contribution in [0.3, 0.4) is 0 Å². The van der Waals surface area contributed by atoms with Gasteiger partial charge in [-0.25, -0.2) is 19.3 Å². The quantitative estimate of drug-likeness (QED) is 0.500. The number of hydrogen-bond donors (Lipinski definition) is 2. The van der Waals surface area contributed by atoms with Crippen molar-refractivity contribution in [2.75, 3.05) is 23.3 Å². The Bertz CT molecular complexity index is 1370. The van der Waals surface area contributed by atoms with Gasteiger partial charge in [0.15, 0.2) is 11.5 Å². The molecule has 9 heteroatoms. The second kappa shape index (κ2) is 8.08. The number of halogens is 1. The van der Waals surface area contributed by atoms with E-state index in [9.17, 15) is 9.18 Å². The zero-order chi connectivity index (χ0) is 23.3. The van der Waals surface area contributed by atoms with Crippen molar-refractivity contribution < 1.29 is 9.18 Å². The van der Waals surface area contributed by atoms with Crippen molar-refractivity contribution in [2.24, 2.45) is 0 Å². The first-order valence-corrected chi connectivity index (χ1v) is 11.0. The molecule has 1 fully saturated rings. The molecule has 1 saturated heterocycles. The lowest BCUT2D eigenvalue weighted by molar-refractivity contribution is 0.102. The van der Waals surface area contributed by atoms with Gasteiger partial charge in [0.25, 0.3) is 5.91 Å². The molecule has 8 nitrogen and oxygen atoms in total. The summed E-state index contributed by atoms with van der Waals surface area (Å²) < 4.78 is 16.0. The molecule has 1 aliphatic rings. The van der Waals surface area contributed by atoms with Gasteiger partial charge in [0.05, 0.1) is 22.5 Å². The van der Waals surface area contributed by atoms with Gasteiger partial charge in [-0.15, -0.1) is 0 Å². The molecule has 2 N–H and O–H groups in total. The Labute approximate surface area is 190 Å². The summed E-state index contributed by atoms with van der Waals surface area (Å²) in [6.45, 7) is 9.61. The number of carbonyl (C=O) groups excluding carboxylic acids is 1. The van der Waals surface area contributed by atoms with Crippen LogP contribution in [0, 0.1) is 19.7 Å². The van der Waals surface area contributed by atoms with E-state index >= 15 is 0 Å². The van der Waals surface area contributed by atoms with Gasteiger partial charge in [0.1, 0.15) is 5.82 Å². The fourth-order valence-electron chi connectivity index (χ4n) is 4.62. The Balaban J connectivity index is 1.53. The van der Waals surface area contributed by atoms with Crippen LogP contribution in [0.25, 0.3) is 16.6 Å². The summed E-state index contributed by atoms with van der Waals surface area (Å²) in [5, 5.41) is 7.17. The lowest BCUT2D eigenvalue weighted by Gasteiger charge is -2.38. The highest BCUT2D eigenvalue weighted by Gasteiger charge is 2.24. The van der Waals surface area contributed by atoms with E-state index in [4.69, 9.17) is 0 Å². The Morgan fingerprint density at radius 3 is 2.67 bits per heavy atom. The van der Waals surface area contributed by atoms with E-state index in [-0.39, 0.29) is 11.6 Å². The van der Waals surface area contributed by atoms with Gasteiger partial charge in [0, 0.05) is 60.9 Å². The van der Waals surface area contributed by atoms with Gasteiger partial charge in [0.2, 0.25) is 0 Å². The van der Waals surface area contributed by atoms with Crippen LogP contribution < -0.4 is 15.5 Å². The van der Waals surface area contributed by atoms with E-state index in [1.165, 1.54) is 6.07 Å². The van der Waals surface area contributed by atoms with Crippen molar-refractivity contribution in [2.45, 2.75) is 39.8 Å². The summed E-state index contributed by atoms with van der Waals surface area (Å²) in [5.41, 5.74) is 3.26. The van der Waals surface area contributed by atoms with E-state index in [0.717, 1.165) is 24.2 Å². The number of aryl methyl sites for hydroxylation is 2. The third-order valence-electron chi connectivity index (χ3n) is 5.88. The minimum Gasteiger partial charge on any atom is -0.368 e. The summed E-state index contributed by atoms with van der Waals surface area (Å²) in [5.74, 6) is -0.277. The average molecular weight is 448 g/mol. The van der Waals surface area contributed by atoms with Crippen LogP contribution in [0.1, 0.15) is 35.7 Å². The predicted octanol–water partition coefficient (Wildman–Crippen LogP) is 3.47. The second-order valence-corrected chi connectivity index (χ2v) is 8.83. The fourth-order valence-corrected chi connectivity index (χ4v) is 4.62. The van der Waals surface area contributed by atoms with Crippen LogP contribution in [-0.2, 0) is 0 Å². The Hall–Kier alpha value is -3.59. The number of benzene rings is 1. The molecule has 0 unspecified atom stereocenters. The van der Waals surface area contributed by atoms with Gasteiger partial charge in [-0.05, 0) is 39.8 Å². The SMILES string of the molecule is Cc1cn2cc(NC(=O)c3ccc(N4C[C@H](C)N[C@@H](C)C4)c4cnc(C)nc34)cc(F)c2n1. The number of aromatic nitrogens is 4. The van der Waals surface area contributed by atoms with Crippen LogP contribution >= 0.6 is 0 Å². The topological polar surface area (TPSA) is 87.5 Å². The fraction of sp³-hybridized carbons (Fsp3) is 0.333. The number of nitrogens with zero attached hydrogens (tertiary/aromatic N) is 5. The zero-order valence-electron chi connectivity index (χ0n) is 19.1. The molecule has 0 aliphatic carbocycles. The largest absolute Gasteiger partial charge is 0.368 e. The number of amides is 1. The highest BCUT2D eigenvalue weighted by atomic mass is 19.1.